The highest BCUT2D eigenvalue weighted by Gasteiger charge is 2.02. The van der Waals surface area contributed by atoms with Crippen molar-refractivity contribution in [3.63, 3.8) is 0 Å². The van der Waals surface area contributed by atoms with Crippen LogP contribution in [0.15, 0.2) is 37.5 Å². The second-order valence-electron chi connectivity index (χ2n) is 2.67. The summed E-state index contributed by atoms with van der Waals surface area (Å²) in [5.41, 5.74) is 1.06. The first-order valence-corrected chi connectivity index (χ1v) is 6.44. The fourth-order valence-electron chi connectivity index (χ4n) is 0.891. The van der Waals surface area contributed by atoms with Gasteiger partial charge in [-0.15, -0.1) is 11.3 Å². The number of aryl methyl sites for hydroxylation is 1. The van der Waals surface area contributed by atoms with Gasteiger partial charge in [0, 0.05) is 21.7 Å². The highest BCUT2D eigenvalue weighted by atomic mass is 79.9. The van der Waals surface area contributed by atoms with Crippen molar-refractivity contribution in [2.45, 2.75) is 16.3 Å². The summed E-state index contributed by atoms with van der Waals surface area (Å²) in [7, 11) is 0. The normalized spacial score (nSPS) is 10.4. The fourth-order valence-corrected chi connectivity index (χ4v) is 2.85. The van der Waals surface area contributed by atoms with E-state index in [0.29, 0.717) is 0 Å². The molecular formula is C9H7BrN2S2. The van der Waals surface area contributed by atoms with Crippen LogP contribution in [0.25, 0.3) is 0 Å². The van der Waals surface area contributed by atoms with Gasteiger partial charge in [0.2, 0.25) is 0 Å². The Morgan fingerprint density at radius 3 is 2.86 bits per heavy atom. The topological polar surface area (TPSA) is 25.8 Å². The van der Waals surface area contributed by atoms with Crippen molar-refractivity contribution >= 4 is 39.0 Å². The number of nitrogens with zero attached hydrogens (tertiary/aromatic N) is 2. The lowest BCUT2D eigenvalue weighted by atomic mass is 10.5. The zero-order valence-electron chi connectivity index (χ0n) is 7.40. The molecule has 2 nitrogen and oxygen atoms in total. The summed E-state index contributed by atoms with van der Waals surface area (Å²) in [4.78, 5) is 8.62. The summed E-state index contributed by atoms with van der Waals surface area (Å²) in [6, 6.07) is 3.96. The monoisotopic (exact) mass is 286 g/mol. The largest absolute Gasteiger partial charge is 0.248 e. The molecule has 0 spiro atoms. The second-order valence-corrected chi connectivity index (χ2v) is 5.71. The predicted octanol–water partition coefficient (Wildman–Crippen LogP) is 3.76. The summed E-state index contributed by atoms with van der Waals surface area (Å²) in [6.45, 7) is 2.00. The molecule has 0 aliphatic carbocycles. The predicted molar refractivity (Wildman–Crippen MR) is 62.9 cm³/mol. The average molecular weight is 287 g/mol. The lowest BCUT2D eigenvalue weighted by Crippen LogP contribution is -1.78. The number of hydrogen-bond donors (Lipinski definition) is 0. The molecule has 0 saturated carbocycles. The maximum absolute atomic E-state index is 4.36. The Morgan fingerprint density at radius 2 is 2.29 bits per heavy atom. The molecule has 0 bridgehead atoms. The number of rotatable bonds is 2. The van der Waals surface area contributed by atoms with Gasteiger partial charge in [-0.3, -0.25) is 0 Å². The molecule has 0 atom stereocenters. The van der Waals surface area contributed by atoms with Crippen molar-refractivity contribution < 1.29 is 0 Å². The third-order valence-corrected chi connectivity index (χ3v) is 3.97. The lowest BCUT2D eigenvalue weighted by Gasteiger charge is -1.95. The van der Waals surface area contributed by atoms with Crippen LogP contribution in [-0.2, 0) is 0 Å². The van der Waals surface area contributed by atoms with Gasteiger partial charge in [0.1, 0.15) is 5.03 Å². The van der Waals surface area contributed by atoms with Gasteiger partial charge in [-0.2, -0.15) is 0 Å². The van der Waals surface area contributed by atoms with Crippen molar-refractivity contribution in [1.29, 1.82) is 0 Å². The quantitative estimate of drug-likeness (QED) is 0.841. The Morgan fingerprint density at radius 1 is 1.43 bits per heavy atom. The number of hydrogen-bond acceptors (Lipinski definition) is 4. The van der Waals surface area contributed by atoms with Crippen molar-refractivity contribution in [2.24, 2.45) is 0 Å². The Kier molecular flexibility index (Phi) is 3.20. The SMILES string of the molecule is Cc1csc(Sc2ccc(Br)cn2)n1. The van der Waals surface area contributed by atoms with E-state index in [1.54, 1.807) is 29.3 Å². The molecular weight excluding hydrogens is 280 g/mol. The smallest absolute Gasteiger partial charge is 0.156 e. The minimum absolute atomic E-state index is 0.975. The Bertz CT molecular complexity index is 425. The van der Waals surface area contributed by atoms with Crippen LogP contribution in [0.2, 0.25) is 0 Å². The molecule has 2 aromatic heterocycles. The van der Waals surface area contributed by atoms with Crippen LogP contribution in [0.5, 0.6) is 0 Å². The number of pyridine rings is 1. The molecule has 0 amide bonds. The minimum Gasteiger partial charge on any atom is -0.248 e. The molecule has 14 heavy (non-hydrogen) atoms. The molecule has 0 fully saturated rings. The van der Waals surface area contributed by atoms with Crippen molar-refractivity contribution in [3.05, 3.63) is 33.9 Å². The van der Waals surface area contributed by atoms with Gasteiger partial charge >= 0.3 is 0 Å². The van der Waals surface area contributed by atoms with Crippen LogP contribution in [0.3, 0.4) is 0 Å². The van der Waals surface area contributed by atoms with Gasteiger partial charge < -0.3 is 0 Å². The number of thiazole rings is 1. The molecule has 0 saturated heterocycles. The van der Waals surface area contributed by atoms with Crippen LogP contribution in [0.4, 0.5) is 0 Å². The molecule has 72 valence electrons. The summed E-state index contributed by atoms with van der Waals surface area (Å²) < 4.78 is 2.04. The zero-order valence-corrected chi connectivity index (χ0v) is 10.6. The standard InChI is InChI=1S/C9H7BrN2S2/c1-6-5-13-9(12-6)14-8-3-2-7(10)4-11-8/h2-5H,1H3. The molecule has 2 heterocycles. The van der Waals surface area contributed by atoms with E-state index in [9.17, 15) is 0 Å². The zero-order chi connectivity index (χ0) is 9.97. The maximum Gasteiger partial charge on any atom is 0.156 e. The lowest BCUT2D eigenvalue weighted by molar-refractivity contribution is 1.10. The van der Waals surface area contributed by atoms with E-state index in [0.717, 1.165) is 19.5 Å². The summed E-state index contributed by atoms with van der Waals surface area (Å²) >= 11 is 6.59. The van der Waals surface area contributed by atoms with Crippen LogP contribution < -0.4 is 0 Å². The van der Waals surface area contributed by atoms with Crippen LogP contribution in [-0.4, -0.2) is 9.97 Å². The maximum atomic E-state index is 4.36. The van der Waals surface area contributed by atoms with E-state index in [-0.39, 0.29) is 0 Å². The third-order valence-electron chi connectivity index (χ3n) is 1.49. The molecule has 0 aliphatic rings. The van der Waals surface area contributed by atoms with E-state index < -0.39 is 0 Å². The molecule has 2 rings (SSSR count). The van der Waals surface area contributed by atoms with E-state index in [4.69, 9.17) is 0 Å². The van der Waals surface area contributed by atoms with Crippen LogP contribution >= 0.6 is 39.0 Å². The third kappa shape index (κ3) is 2.56. The van der Waals surface area contributed by atoms with Crippen LogP contribution in [0.1, 0.15) is 5.69 Å². The first-order chi connectivity index (χ1) is 6.74. The van der Waals surface area contributed by atoms with Crippen molar-refractivity contribution in [1.82, 2.24) is 9.97 Å². The molecule has 0 unspecified atom stereocenters. The highest BCUT2D eigenvalue weighted by molar-refractivity contribution is 9.10. The first kappa shape index (κ1) is 10.1. The van der Waals surface area contributed by atoms with Gasteiger partial charge in [0.05, 0.1) is 0 Å². The number of aromatic nitrogens is 2. The number of halogens is 1. The first-order valence-electron chi connectivity index (χ1n) is 3.95. The van der Waals surface area contributed by atoms with E-state index in [2.05, 4.69) is 25.9 Å². The van der Waals surface area contributed by atoms with Crippen molar-refractivity contribution in [2.75, 3.05) is 0 Å². The van der Waals surface area contributed by atoms with Gasteiger partial charge in [0.15, 0.2) is 4.34 Å². The molecule has 0 aromatic carbocycles. The van der Waals surface area contributed by atoms with Gasteiger partial charge in [-0.1, -0.05) is 0 Å². The Balaban J connectivity index is 2.15. The van der Waals surface area contributed by atoms with E-state index in [1.165, 1.54) is 0 Å². The Hall–Kier alpha value is -0.390. The second kappa shape index (κ2) is 4.42. The average Bonchev–Trinajstić information content (AvgIpc) is 2.56. The van der Waals surface area contributed by atoms with Crippen molar-refractivity contribution in [3.8, 4) is 0 Å². The highest BCUT2D eigenvalue weighted by Crippen LogP contribution is 2.28. The van der Waals surface area contributed by atoms with Gasteiger partial charge in [-0.05, 0) is 46.7 Å². The van der Waals surface area contributed by atoms with Gasteiger partial charge in [0.25, 0.3) is 0 Å². The molecule has 0 aliphatic heterocycles. The molecule has 5 heteroatoms. The van der Waals surface area contributed by atoms with Gasteiger partial charge in [-0.25, -0.2) is 9.97 Å². The van der Waals surface area contributed by atoms with E-state index >= 15 is 0 Å². The van der Waals surface area contributed by atoms with E-state index in [1.807, 2.05) is 24.4 Å². The minimum atomic E-state index is 0.975. The Labute approximate surface area is 98.9 Å². The summed E-state index contributed by atoms with van der Waals surface area (Å²) in [6.07, 6.45) is 1.79. The summed E-state index contributed by atoms with van der Waals surface area (Å²) in [5, 5.41) is 3.02. The molecule has 0 N–H and O–H groups in total. The summed E-state index contributed by atoms with van der Waals surface area (Å²) in [5.74, 6) is 0. The molecule has 0 radical (unpaired) electrons. The fraction of sp³-hybridized carbons (Fsp3) is 0.111. The molecule has 2 aromatic rings. The van der Waals surface area contributed by atoms with Crippen LogP contribution in [0, 0.1) is 6.92 Å².